The molecule has 1 atom stereocenters. The average Bonchev–Trinajstić information content (AvgIpc) is 3.47. The Morgan fingerprint density at radius 3 is 0.802 bits per heavy atom. The lowest BCUT2D eigenvalue weighted by atomic mass is 10.0. The van der Waals surface area contributed by atoms with Crippen LogP contribution in [0.1, 0.15) is 355 Å². The van der Waals surface area contributed by atoms with E-state index in [-0.39, 0.29) is 31.1 Å². The molecule has 0 N–H and O–H groups in total. The van der Waals surface area contributed by atoms with Crippen molar-refractivity contribution < 1.29 is 28.6 Å². The lowest BCUT2D eigenvalue weighted by Crippen LogP contribution is -2.30. The SMILES string of the molecule is CC/C=C\C/C=C\C/C=C\C/C=C\CCCCCCCCCCCCCCCCCCCCCCCCC(=O)OCC(COC(=O)CCCCCCC/C=C\CCCCCCC)OC(=O)CCCCCCC/C=C\C/C=C\CCCC. The van der Waals surface area contributed by atoms with Gasteiger partial charge in [0.05, 0.1) is 0 Å². The minimum Gasteiger partial charge on any atom is -0.462 e. The molecule has 0 saturated carbocycles. The number of allylic oxidation sites excluding steroid dienone is 14. The summed E-state index contributed by atoms with van der Waals surface area (Å²) in [5.41, 5.74) is 0. The summed E-state index contributed by atoms with van der Waals surface area (Å²) >= 11 is 0. The molecule has 0 aliphatic carbocycles. The number of esters is 3. The van der Waals surface area contributed by atoms with Crippen molar-refractivity contribution in [1.82, 2.24) is 0 Å². The van der Waals surface area contributed by atoms with Crippen LogP contribution in [-0.4, -0.2) is 37.2 Å². The predicted octanol–water partition coefficient (Wildman–Crippen LogP) is 24.2. The summed E-state index contributed by atoms with van der Waals surface area (Å²) < 4.78 is 16.9. The van der Waals surface area contributed by atoms with E-state index in [0.29, 0.717) is 19.3 Å². The van der Waals surface area contributed by atoms with Crippen molar-refractivity contribution in [2.75, 3.05) is 13.2 Å². The molecule has 0 saturated heterocycles. The van der Waals surface area contributed by atoms with Gasteiger partial charge in [-0.2, -0.15) is 0 Å². The highest BCUT2D eigenvalue weighted by atomic mass is 16.6. The van der Waals surface area contributed by atoms with Crippen molar-refractivity contribution in [1.29, 1.82) is 0 Å². The number of carbonyl (C=O) groups excluding carboxylic acids is 3. The Kier molecular flexibility index (Phi) is 66.2. The van der Waals surface area contributed by atoms with Crippen LogP contribution in [0.2, 0.25) is 0 Å². The van der Waals surface area contributed by atoms with E-state index in [1.807, 2.05) is 0 Å². The van der Waals surface area contributed by atoms with Crippen molar-refractivity contribution >= 4 is 17.9 Å². The number of unbranched alkanes of at least 4 members (excludes halogenated alkanes) is 39. The number of hydrogen-bond donors (Lipinski definition) is 0. The standard InChI is InChI=1S/C75H132O6/c1-4-7-10-13-16-19-22-25-28-29-30-31-32-33-34-35-36-37-38-39-40-41-42-43-44-45-46-47-48-51-53-56-59-62-65-68-74(77)80-71-72(81-75(78)69-66-63-60-57-54-50-27-24-21-18-15-12-9-6-3)70-79-73(76)67-64-61-58-55-52-49-26-23-20-17-14-11-8-5-2/h7,10,15-16,18-19,23-28,30-31,72H,4-6,8-9,11-14,17,20-22,29,32-71H2,1-3H3/b10-7-,18-15-,19-16-,26-23-,27-24-,28-25-,31-30-. The molecule has 0 spiro atoms. The summed E-state index contributed by atoms with van der Waals surface area (Å²) in [5.74, 6) is -0.886. The van der Waals surface area contributed by atoms with Crippen LogP contribution in [0.4, 0.5) is 0 Å². The lowest BCUT2D eigenvalue weighted by Gasteiger charge is -2.18. The van der Waals surface area contributed by atoms with Crippen molar-refractivity contribution in [3.63, 3.8) is 0 Å². The van der Waals surface area contributed by atoms with Gasteiger partial charge in [-0.15, -0.1) is 0 Å². The van der Waals surface area contributed by atoms with Crippen molar-refractivity contribution in [2.24, 2.45) is 0 Å². The zero-order valence-corrected chi connectivity index (χ0v) is 53.8. The third kappa shape index (κ3) is 67.3. The fourth-order valence-corrected chi connectivity index (χ4v) is 10.1. The maximum Gasteiger partial charge on any atom is 0.306 e. The van der Waals surface area contributed by atoms with Crippen LogP contribution < -0.4 is 0 Å². The smallest absolute Gasteiger partial charge is 0.306 e. The highest BCUT2D eigenvalue weighted by Gasteiger charge is 2.19. The van der Waals surface area contributed by atoms with E-state index in [9.17, 15) is 14.4 Å². The topological polar surface area (TPSA) is 78.9 Å². The van der Waals surface area contributed by atoms with E-state index in [1.165, 1.54) is 199 Å². The van der Waals surface area contributed by atoms with Gasteiger partial charge < -0.3 is 14.2 Å². The molecular weight excluding hydrogens is 997 g/mol. The van der Waals surface area contributed by atoms with Crippen LogP contribution in [0.3, 0.4) is 0 Å². The molecule has 0 rings (SSSR count). The van der Waals surface area contributed by atoms with Crippen molar-refractivity contribution in [3.05, 3.63) is 85.1 Å². The first-order valence-corrected chi connectivity index (χ1v) is 35.1. The first kappa shape index (κ1) is 77.6. The van der Waals surface area contributed by atoms with E-state index in [2.05, 4.69) is 106 Å². The molecule has 6 heteroatoms. The Balaban J connectivity index is 4.09. The van der Waals surface area contributed by atoms with Gasteiger partial charge in [0.2, 0.25) is 0 Å². The summed E-state index contributed by atoms with van der Waals surface area (Å²) in [4.78, 5) is 38.3. The minimum absolute atomic E-state index is 0.0803. The molecule has 0 bridgehead atoms. The second-order valence-corrected chi connectivity index (χ2v) is 23.4. The number of carbonyl (C=O) groups is 3. The van der Waals surface area contributed by atoms with E-state index in [4.69, 9.17) is 14.2 Å². The van der Waals surface area contributed by atoms with E-state index in [0.717, 1.165) is 116 Å². The van der Waals surface area contributed by atoms with E-state index < -0.39 is 6.10 Å². The molecule has 0 aromatic heterocycles. The molecule has 1 unspecified atom stereocenters. The quantitative estimate of drug-likeness (QED) is 0.0261. The zero-order chi connectivity index (χ0) is 58.5. The predicted molar refractivity (Wildman–Crippen MR) is 353 cm³/mol. The molecule has 0 aliphatic heterocycles. The average molecular weight is 1130 g/mol. The Hall–Kier alpha value is -3.41. The highest BCUT2D eigenvalue weighted by Crippen LogP contribution is 2.18. The van der Waals surface area contributed by atoms with Gasteiger partial charge in [-0.25, -0.2) is 0 Å². The summed E-state index contributed by atoms with van der Waals surface area (Å²) in [5, 5.41) is 0. The highest BCUT2D eigenvalue weighted by molar-refractivity contribution is 5.71. The molecule has 0 heterocycles. The summed E-state index contributed by atoms with van der Waals surface area (Å²) in [7, 11) is 0. The van der Waals surface area contributed by atoms with Crippen LogP contribution in [0.5, 0.6) is 0 Å². The molecule has 0 aromatic rings. The molecule has 81 heavy (non-hydrogen) atoms. The second-order valence-electron chi connectivity index (χ2n) is 23.4. The van der Waals surface area contributed by atoms with Gasteiger partial charge in [-0.1, -0.05) is 311 Å². The zero-order valence-electron chi connectivity index (χ0n) is 53.8. The molecular formula is C75H132O6. The Bertz CT molecular complexity index is 1530. The number of ether oxygens (including phenoxy) is 3. The normalized spacial score (nSPS) is 12.6. The first-order valence-electron chi connectivity index (χ1n) is 35.1. The van der Waals surface area contributed by atoms with Crippen LogP contribution >= 0.6 is 0 Å². The van der Waals surface area contributed by atoms with Gasteiger partial charge >= 0.3 is 17.9 Å². The fraction of sp³-hybridized carbons (Fsp3) is 0.773. The van der Waals surface area contributed by atoms with Crippen LogP contribution in [0.15, 0.2) is 85.1 Å². The maximum absolute atomic E-state index is 12.9. The second kappa shape index (κ2) is 69.1. The van der Waals surface area contributed by atoms with Crippen molar-refractivity contribution in [2.45, 2.75) is 361 Å². The van der Waals surface area contributed by atoms with Gasteiger partial charge in [0.1, 0.15) is 13.2 Å². The largest absolute Gasteiger partial charge is 0.462 e. The van der Waals surface area contributed by atoms with E-state index in [1.54, 1.807) is 0 Å². The van der Waals surface area contributed by atoms with Gasteiger partial charge in [0, 0.05) is 19.3 Å². The van der Waals surface area contributed by atoms with Crippen LogP contribution in [-0.2, 0) is 28.6 Å². The number of hydrogen-bond acceptors (Lipinski definition) is 6. The van der Waals surface area contributed by atoms with Gasteiger partial charge in [0.25, 0.3) is 0 Å². The molecule has 0 fully saturated rings. The Morgan fingerprint density at radius 1 is 0.259 bits per heavy atom. The molecule has 0 amide bonds. The molecule has 0 aromatic carbocycles. The van der Waals surface area contributed by atoms with Gasteiger partial charge in [0.15, 0.2) is 6.10 Å². The van der Waals surface area contributed by atoms with Crippen molar-refractivity contribution in [3.8, 4) is 0 Å². The Morgan fingerprint density at radius 2 is 0.494 bits per heavy atom. The molecule has 468 valence electrons. The summed E-state index contributed by atoms with van der Waals surface area (Å²) in [6.45, 7) is 6.50. The van der Waals surface area contributed by atoms with E-state index >= 15 is 0 Å². The lowest BCUT2D eigenvalue weighted by molar-refractivity contribution is -0.167. The third-order valence-corrected chi connectivity index (χ3v) is 15.4. The number of rotatable bonds is 64. The maximum atomic E-state index is 12.9. The first-order chi connectivity index (χ1) is 40.0. The molecule has 6 nitrogen and oxygen atoms in total. The van der Waals surface area contributed by atoms with Crippen LogP contribution in [0, 0.1) is 0 Å². The minimum atomic E-state index is -0.785. The Labute approximate surface area is 503 Å². The summed E-state index contributed by atoms with van der Waals surface area (Å²) in [6.07, 6.45) is 92.0. The summed E-state index contributed by atoms with van der Waals surface area (Å²) in [6, 6.07) is 0. The van der Waals surface area contributed by atoms with Gasteiger partial charge in [-0.05, 0) is 109 Å². The monoisotopic (exact) mass is 1130 g/mol. The van der Waals surface area contributed by atoms with Gasteiger partial charge in [-0.3, -0.25) is 14.4 Å². The molecule has 0 aliphatic rings. The fourth-order valence-electron chi connectivity index (χ4n) is 10.1. The third-order valence-electron chi connectivity index (χ3n) is 15.4. The van der Waals surface area contributed by atoms with Crippen LogP contribution in [0.25, 0.3) is 0 Å². The molecule has 0 radical (unpaired) electrons.